The predicted molar refractivity (Wildman–Crippen MR) is 71.4 cm³/mol. The number of hydrogen-bond acceptors (Lipinski definition) is 2. The van der Waals surface area contributed by atoms with Gasteiger partial charge in [0.25, 0.3) is 0 Å². The van der Waals surface area contributed by atoms with E-state index in [-0.39, 0.29) is 6.04 Å². The summed E-state index contributed by atoms with van der Waals surface area (Å²) in [5.41, 5.74) is -0.453. The predicted octanol–water partition coefficient (Wildman–Crippen LogP) is 3.36. The lowest BCUT2D eigenvalue weighted by atomic mass is 9.91. The number of aliphatic carboxylic acids is 1. The van der Waals surface area contributed by atoms with E-state index in [1.54, 1.807) is 6.92 Å². The molecule has 2 rings (SSSR count). The van der Waals surface area contributed by atoms with Crippen LogP contribution in [0.1, 0.15) is 44.7 Å². The average molecular weight is 283 g/mol. The molecule has 0 saturated carbocycles. The van der Waals surface area contributed by atoms with Crippen molar-refractivity contribution in [1.29, 1.82) is 0 Å². The van der Waals surface area contributed by atoms with Crippen LogP contribution in [-0.4, -0.2) is 28.1 Å². The lowest BCUT2D eigenvalue weighted by Crippen LogP contribution is -2.50. The van der Waals surface area contributed by atoms with Crippen molar-refractivity contribution in [3.8, 4) is 0 Å². The summed E-state index contributed by atoms with van der Waals surface area (Å²) in [6.45, 7) is 4.26. The van der Waals surface area contributed by atoms with E-state index in [4.69, 9.17) is 0 Å². The van der Waals surface area contributed by atoms with Crippen LogP contribution >= 0.6 is 0 Å². The van der Waals surface area contributed by atoms with Crippen molar-refractivity contribution in [2.24, 2.45) is 0 Å². The summed E-state index contributed by atoms with van der Waals surface area (Å²) in [6.07, 6.45) is 1.83. The van der Waals surface area contributed by atoms with E-state index in [1.807, 2.05) is 11.8 Å². The molecule has 1 aromatic carbocycles. The van der Waals surface area contributed by atoms with E-state index in [9.17, 15) is 18.7 Å². The Hall–Kier alpha value is -1.49. The largest absolute Gasteiger partial charge is 0.480 e. The lowest BCUT2D eigenvalue weighted by molar-refractivity contribution is -0.151. The van der Waals surface area contributed by atoms with Gasteiger partial charge in [0.2, 0.25) is 0 Å². The van der Waals surface area contributed by atoms with Crippen LogP contribution in [0.15, 0.2) is 18.2 Å². The van der Waals surface area contributed by atoms with Gasteiger partial charge < -0.3 is 5.11 Å². The molecule has 0 bridgehead atoms. The molecule has 3 nitrogen and oxygen atoms in total. The highest BCUT2D eigenvalue weighted by Gasteiger charge is 2.48. The molecule has 1 heterocycles. The van der Waals surface area contributed by atoms with Gasteiger partial charge in [-0.15, -0.1) is 0 Å². The Morgan fingerprint density at radius 1 is 1.40 bits per heavy atom. The molecule has 2 atom stereocenters. The Balaban J connectivity index is 2.36. The SMILES string of the molecule is CCC1(C(=O)O)CCCN1C(C)c1cc(F)cc(F)c1. The number of likely N-dealkylation sites (tertiary alicyclic amines) is 1. The van der Waals surface area contributed by atoms with Crippen LogP contribution in [0.4, 0.5) is 8.78 Å². The number of nitrogens with zero attached hydrogens (tertiary/aromatic N) is 1. The first-order valence-electron chi connectivity index (χ1n) is 6.87. The van der Waals surface area contributed by atoms with Crippen molar-refractivity contribution < 1.29 is 18.7 Å². The maximum absolute atomic E-state index is 13.3. The van der Waals surface area contributed by atoms with Crippen molar-refractivity contribution in [2.75, 3.05) is 6.54 Å². The molecule has 0 spiro atoms. The molecule has 1 N–H and O–H groups in total. The zero-order chi connectivity index (χ0) is 14.9. The van der Waals surface area contributed by atoms with E-state index in [1.165, 1.54) is 12.1 Å². The summed E-state index contributed by atoms with van der Waals surface area (Å²) in [7, 11) is 0. The topological polar surface area (TPSA) is 40.5 Å². The highest BCUT2D eigenvalue weighted by atomic mass is 19.1. The minimum atomic E-state index is -0.928. The number of carbonyl (C=O) groups is 1. The molecule has 110 valence electrons. The Morgan fingerprint density at radius 2 is 2.00 bits per heavy atom. The summed E-state index contributed by atoms with van der Waals surface area (Å²) < 4.78 is 26.7. The second-order valence-corrected chi connectivity index (χ2v) is 5.37. The summed E-state index contributed by atoms with van der Waals surface area (Å²) in [4.78, 5) is 13.5. The first-order chi connectivity index (χ1) is 9.40. The molecular weight excluding hydrogens is 264 g/mol. The molecule has 1 saturated heterocycles. The number of rotatable bonds is 4. The molecule has 1 fully saturated rings. The molecule has 2 unspecified atom stereocenters. The fourth-order valence-electron chi connectivity index (χ4n) is 3.22. The van der Waals surface area contributed by atoms with Gasteiger partial charge in [-0.1, -0.05) is 6.92 Å². The molecule has 0 aromatic heterocycles. The fraction of sp³-hybridized carbons (Fsp3) is 0.533. The van der Waals surface area contributed by atoms with Gasteiger partial charge >= 0.3 is 5.97 Å². The molecule has 20 heavy (non-hydrogen) atoms. The smallest absolute Gasteiger partial charge is 0.324 e. The second kappa shape index (κ2) is 5.48. The minimum absolute atomic E-state index is 0.334. The maximum Gasteiger partial charge on any atom is 0.324 e. The van der Waals surface area contributed by atoms with Gasteiger partial charge in [0.15, 0.2) is 0 Å². The summed E-state index contributed by atoms with van der Waals surface area (Å²) in [5.74, 6) is -2.13. The summed E-state index contributed by atoms with van der Waals surface area (Å²) in [6, 6.07) is 3.03. The zero-order valence-electron chi connectivity index (χ0n) is 11.7. The van der Waals surface area contributed by atoms with Crippen LogP contribution in [0.25, 0.3) is 0 Å². The average Bonchev–Trinajstić information content (AvgIpc) is 2.81. The second-order valence-electron chi connectivity index (χ2n) is 5.37. The number of carboxylic acids is 1. The monoisotopic (exact) mass is 283 g/mol. The minimum Gasteiger partial charge on any atom is -0.480 e. The van der Waals surface area contributed by atoms with Crippen molar-refractivity contribution in [1.82, 2.24) is 4.90 Å². The number of halogens is 2. The van der Waals surface area contributed by atoms with Gasteiger partial charge in [0, 0.05) is 12.1 Å². The van der Waals surface area contributed by atoms with Crippen LogP contribution in [0, 0.1) is 11.6 Å². The summed E-state index contributed by atoms with van der Waals surface area (Å²) >= 11 is 0. The number of carboxylic acid groups (broad SMARTS) is 1. The van der Waals surface area contributed by atoms with Crippen molar-refractivity contribution in [3.63, 3.8) is 0 Å². The van der Waals surface area contributed by atoms with Gasteiger partial charge in [0.1, 0.15) is 17.2 Å². The van der Waals surface area contributed by atoms with Crippen molar-refractivity contribution >= 4 is 5.97 Å². The first-order valence-corrected chi connectivity index (χ1v) is 6.87. The molecule has 1 aliphatic heterocycles. The Labute approximate surface area is 117 Å². The standard InChI is InChI=1S/C15H19F2NO2/c1-3-15(14(19)20)5-4-6-18(15)10(2)11-7-12(16)9-13(17)8-11/h7-10H,3-6H2,1-2H3,(H,19,20). The number of benzene rings is 1. The highest BCUT2D eigenvalue weighted by molar-refractivity contribution is 5.79. The Morgan fingerprint density at radius 3 is 2.50 bits per heavy atom. The van der Waals surface area contributed by atoms with Gasteiger partial charge in [-0.3, -0.25) is 9.69 Å². The van der Waals surface area contributed by atoms with Crippen LogP contribution < -0.4 is 0 Å². The van der Waals surface area contributed by atoms with E-state index < -0.39 is 23.1 Å². The van der Waals surface area contributed by atoms with Crippen molar-refractivity contribution in [3.05, 3.63) is 35.4 Å². The molecule has 1 aromatic rings. The van der Waals surface area contributed by atoms with Gasteiger partial charge in [0.05, 0.1) is 0 Å². The summed E-state index contributed by atoms with van der Waals surface area (Å²) in [5, 5.41) is 9.55. The van der Waals surface area contributed by atoms with Crippen molar-refractivity contribution in [2.45, 2.75) is 44.7 Å². The lowest BCUT2D eigenvalue weighted by Gasteiger charge is -2.38. The van der Waals surface area contributed by atoms with E-state index >= 15 is 0 Å². The van der Waals surface area contributed by atoms with Crippen LogP contribution in [0.3, 0.4) is 0 Å². The van der Waals surface area contributed by atoms with Crippen LogP contribution in [0.5, 0.6) is 0 Å². The normalized spacial score (nSPS) is 24.8. The Bertz CT molecular complexity index is 500. The highest BCUT2D eigenvalue weighted by Crippen LogP contribution is 2.39. The van der Waals surface area contributed by atoms with Crippen LogP contribution in [-0.2, 0) is 4.79 Å². The first kappa shape index (κ1) is 14.9. The van der Waals surface area contributed by atoms with E-state index in [0.717, 1.165) is 12.5 Å². The molecule has 1 aliphatic rings. The molecule has 5 heteroatoms. The maximum atomic E-state index is 13.3. The van der Waals surface area contributed by atoms with Crippen LogP contribution in [0.2, 0.25) is 0 Å². The third-order valence-corrected chi connectivity index (χ3v) is 4.36. The third kappa shape index (κ3) is 2.42. The quantitative estimate of drug-likeness (QED) is 0.921. The van der Waals surface area contributed by atoms with Gasteiger partial charge in [-0.2, -0.15) is 0 Å². The molecule has 0 radical (unpaired) electrons. The van der Waals surface area contributed by atoms with Gasteiger partial charge in [-0.05, 0) is 50.4 Å². The van der Waals surface area contributed by atoms with Gasteiger partial charge in [-0.25, -0.2) is 8.78 Å². The van der Waals surface area contributed by atoms with E-state index in [2.05, 4.69) is 0 Å². The fourth-order valence-corrected chi connectivity index (χ4v) is 3.22. The molecule has 0 aliphatic carbocycles. The zero-order valence-corrected chi connectivity index (χ0v) is 11.7. The Kier molecular flexibility index (Phi) is 4.09. The third-order valence-electron chi connectivity index (χ3n) is 4.36. The van der Waals surface area contributed by atoms with E-state index in [0.29, 0.717) is 24.9 Å². The molecule has 0 amide bonds. The number of hydrogen-bond donors (Lipinski definition) is 1. The molecular formula is C15H19F2NO2.